The molecule has 1 aromatic rings. The lowest BCUT2D eigenvalue weighted by atomic mass is 10.1. The van der Waals surface area contributed by atoms with Crippen LogP contribution in [0.5, 0.6) is 11.5 Å². The molecule has 0 radical (unpaired) electrons. The van der Waals surface area contributed by atoms with E-state index in [1.807, 2.05) is 25.1 Å². The van der Waals surface area contributed by atoms with Crippen molar-refractivity contribution in [2.45, 2.75) is 20.4 Å². The van der Waals surface area contributed by atoms with Crippen molar-refractivity contribution in [3.05, 3.63) is 23.8 Å². The van der Waals surface area contributed by atoms with Gasteiger partial charge in [-0.3, -0.25) is 9.69 Å². The number of hydrogen-bond acceptors (Lipinski definition) is 4. The van der Waals surface area contributed by atoms with Crippen molar-refractivity contribution < 1.29 is 19.4 Å². The molecule has 1 rings (SSSR count). The second-order valence-corrected chi connectivity index (χ2v) is 4.74. The van der Waals surface area contributed by atoms with Crippen molar-refractivity contribution in [1.29, 1.82) is 0 Å². The molecule has 0 heterocycles. The van der Waals surface area contributed by atoms with Gasteiger partial charge in [-0.05, 0) is 24.7 Å². The monoisotopic (exact) mass is 281 g/mol. The van der Waals surface area contributed by atoms with Crippen LogP contribution in [-0.4, -0.2) is 43.3 Å². The van der Waals surface area contributed by atoms with E-state index in [1.54, 1.807) is 21.1 Å². The Kier molecular flexibility index (Phi) is 6.31. The number of benzene rings is 1. The van der Waals surface area contributed by atoms with Crippen LogP contribution in [0.15, 0.2) is 18.2 Å². The first kappa shape index (κ1) is 16.3. The van der Waals surface area contributed by atoms with Gasteiger partial charge < -0.3 is 14.6 Å². The number of carbonyl (C=O) groups is 1. The Labute approximate surface area is 120 Å². The number of ether oxygens (including phenoxy) is 2. The molecule has 1 unspecified atom stereocenters. The number of nitrogens with zero attached hydrogens (tertiary/aromatic N) is 1. The first-order chi connectivity index (χ1) is 9.51. The highest BCUT2D eigenvalue weighted by Gasteiger charge is 2.17. The van der Waals surface area contributed by atoms with Crippen LogP contribution >= 0.6 is 0 Å². The molecule has 5 nitrogen and oxygen atoms in total. The number of methoxy groups -OCH3 is 2. The molecule has 0 aliphatic rings. The Morgan fingerprint density at radius 2 is 2.05 bits per heavy atom. The van der Waals surface area contributed by atoms with Gasteiger partial charge in [0.2, 0.25) is 0 Å². The lowest BCUT2D eigenvalue weighted by Gasteiger charge is -2.23. The van der Waals surface area contributed by atoms with E-state index < -0.39 is 11.9 Å². The minimum atomic E-state index is -0.777. The third kappa shape index (κ3) is 4.42. The summed E-state index contributed by atoms with van der Waals surface area (Å²) in [6, 6.07) is 5.63. The SMILES string of the molecule is CCN(Cc1cc(OC)ccc1OC)CC(C)C(=O)O. The smallest absolute Gasteiger partial charge is 0.307 e. The molecule has 0 saturated heterocycles. The van der Waals surface area contributed by atoms with Crippen LogP contribution < -0.4 is 9.47 Å². The molecule has 0 aliphatic carbocycles. The summed E-state index contributed by atoms with van der Waals surface area (Å²) in [6.45, 7) is 5.65. The van der Waals surface area contributed by atoms with Gasteiger partial charge in [0, 0.05) is 18.7 Å². The summed E-state index contributed by atoms with van der Waals surface area (Å²) in [7, 11) is 3.25. The fourth-order valence-electron chi connectivity index (χ4n) is 2.02. The van der Waals surface area contributed by atoms with Crippen molar-refractivity contribution >= 4 is 5.97 Å². The van der Waals surface area contributed by atoms with E-state index in [1.165, 1.54) is 0 Å². The lowest BCUT2D eigenvalue weighted by molar-refractivity contribution is -0.141. The second kappa shape index (κ2) is 7.75. The summed E-state index contributed by atoms with van der Waals surface area (Å²) < 4.78 is 10.6. The average Bonchev–Trinajstić information content (AvgIpc) is 2.45. The van der Waals surface area contributed by atoms with Gasteiger partial charge in [-0.15, -0.1) is 0 Å². The standard InChI is InChI=1S/C15H23NO4/c1-5-16(9-11(2)15(17)18)10-12-8-13(19-3)6-7-14(12)20-4/h6-8,11H,5,9-10H2,1-4H3,(H,17,18). The van der Waals surface area contributed by atoms with Gasteiger partial charge in [0.25, 0.3) is 0 Å². The number of rotatable bonds is 8. The molecule has 1 atom stereocenters. The minimum absolute atomic E-state index is 0.397. The highest BCUT2D eigenvalue weighted by Crippen LogP contribution is 2.25. The number of carboxylic acids is 1. The summed E-state index contributed by atoms with van der Waals surface area (Å²) in [5, 5.41) is 9.00. The molecule has 1 aromatic carbocycles. The third-order valence-corrected chi connectivity index (χ3v) is 3.28. The fraction of sp³-hybridized carbons (Fsp3) is 0.533. The predicted molar refractivity (Wildman–Crippen MR) is 77.3 cm³/mol. The molecule has 1 N–H and O–H groups in total. The lowest BCUT2D eigenvalue weighted by Crippen LogP contribution is -2.31. The van der Waals surface area contributed by atoms with Crippen LogP contribution in [0.4, 0.5) is 0 Å². The Hall–Kier alpha value is -1.75. The van der Waals surface area contributed by atoms with Crippen molar-refractivity contribution in [3.63, 3.8) is 0 Å². The number of hydrogen-bond donors (Lipinski definition) is 1. The van der Waals surface area contributed by atoms with Crippen LogP contribution in [0.3, 0.4) is 0 Å². The fourth-order valence-corrected chi connectivity index (χ4v) is 2.02. The third-order valence-electron chi connectivity index (χ3n) is 3.28. The van der Waals surface area contributed by atoms with E-state index in [0.717, 1.165) is 23.6 Å². The summed E-state index contributed by atoms with van der Waals surface area (Å²) in [6.07, 6.45) is 0. The highest BCUT2D eigenvalue weighted by atomic mass is 16.5. The van der Waals surface area contributed by atoms with Gasteiger partial charge in [0.1, 0.15) is 11.5 Å². The molecular weight excluding hydrogens is 258 g/mol. The van der Waals surface area contributed by atoms with Gasteiger partial charge in [0.05, 0.1) is 20.1 Å². The molecule has 0 amide bonds. The molecule has 5 heteroatoms. The molecule has 0 spiro atoms. The van der Waals surface area contributed by atoms with Gasteiger partial charge in [0.15, 0.2) is 0 Å². The Bertz CT molecular complexity index is 447. The van der Waals surface area contributed by atoms with Crippen LogP contribution in [0, 0.1) is 5.92 Å². The van der Waals surface area contributed by atoms with Crippen LogP contribution in [0.1, 0.15) is 19.4 Å². The summed E-state index contributed by atoms with van der Waals surface area (Å²) in [5.41, 5.74) is 0.992. The van der Waals surface area contributed by atoms with Crippen molar-refractivity contribution in [3.8, 4) is 11.5 Å². The second-order valence-electron chi connectivity index (χ2n) is 4.74. The van der Waals surface area contributed by atoms with Gasteiger partial charge in [-0.1, -0.05) is 13.8 Å². The molecule has 112 valence electrons. The molecule has 0 aliphatic heterocycles. The molecule has 0 aromatic heterocycles. The van der Waals surface area contributed by atoms with E-state index in [4.69, 9.17) is 14.6 Å². The zero-order valence-corrected chi connectivity index (χ0v) is 12.5. The summed E-state index contributed by atoms with van der Waals surface area (Å²) >= 11 is 0. The largest absolute Gasteiger partial charge is 0.497 e. The first-order valence-corrected chi connectivity index (χ1v) is 6.67. The van der Waals surface area contributed by atoms with E-state index in [9.17, 15) is 4.79 Å². The maximum atomic E-state index is 11.0. The Morgan fingerprint density at radius 3 is 2.55 bits per heavy atom. The predicted octanol–water partition coefficient (Wildman–Crippen LogP) is 2.25. The number of aliphatic carboxylic acids is 1. The summed E-state index contributed by atoms with van der Waals surface area (Å²) in [5.74, 6) is 0.378. The van der Waals surface area contributed by atoms with Crippen molar-refractivity contribution in [1.82, 2.24) is 4.90 Å². The van der Waals surface area contributed by atoms with Gasteiger partial charge in [-0.25, -0.2) is 0 Å². The van der Waals surface area contributed by atoms with Crippen LogP contribution in [-0.2, 0) is 11.3 Å². The number of carboxylic acid groups (broad SMARTS) is 1. The first-order valence-electron chi connectivity index (χ1n) is 6.67. The van der Waals surface area contributed by atoms with E-state index in [-0.39, 0.29) is 0 Å². The van der Waals surface area contributed by atoms with Crippen molar-refractivity contribution in [2.75, 3.05) is 27.3 Å². The topological polar surface area (TPSA) is 59.0 Å². The normalized spacial score (nSPS) is 12.2. The maximum Gasteiger partial charge on any atom is 0.307 e. The van der Waals surface area contributed by atoms with Gasteiger partial charge >= 0.3 is 5.97 Å². The Morgan fingerprint density at radius 1 is 1.35 bits per heavy atom. The van der Waals surface area contributed by atoms with E-state index >= 15 is 0 Å². The van der Waals surface area contributed by atoms with Crippen LogP contribution in [0.2, 0.25) is 0 Å². The highest BCUT2D eigenvalue weighted by molar-refractivity contribution is 5.69. The zero-order chi connectivity index (χ0) is 15.1. The van der Waals surface area contributed by atoms with E-state index in [2.05, 4.69) is 4.90 Å². The quantitative estimate of drug-likeness (QED) is 0.792. The summed E-state index contributed by atoms with van der Waals surface area (Å²) in [4.78, 5) is 13.0. The molecule has 20 heavy (non-hydrogen) atoms. The molecule has 0 fully saturated rings. The molecular formula is C15H23NO4. The van der Waals surface area contributed by atoms with Crippen molar-refractivity contribution in [2.24, 2.45) is 5.92 Å². The van der Waals surface area contributed by atoms with Crippen LogP contribution in [0.25, 0.3) is 0 Å². The average molecular weight is 281 g/mol. The van der Waals surface area contributed by atoms with E-state index in [0.29, 0.717) is 13.1 Å². The molecule has 0 saturated carbocycles. The Balaban J connectivity index is 2.85. The maximum absolute atomic E-state index is 11.0. The minimum Gasteiger partial charge on any atom is -0.497 e. The molecule has 0 bridgehead atoms. The van der Waals surface area contributed by atoms with Gasteiger partial charge in [-0.2, -0.15) is 0 Å². The zero-order valence-electron chi connectivity index (χ0n) is 12.5.